The van der Waals surface area contributed by atoms with E-state index in [0.29, 0.717) is 36.1 Å². The third kappa shape index (κ3) is 3.74. The number of carbonyl (C=O) groups excluding carboxylic acids is 1. The monoisotopic (exact) mass is 340 g/mol. The van der Waals surface area contributed by atoms with Crippen LogP contribution in [0.3, 0.4) is 0 Å². The zero-order valence-corrected chi connectivity index (χ0v) is 14.7. The van der Waals surface area contributed by atoms with Crippen LogP contribution in [-0.4, -0.2) is 54.0 Å². The van der Waals surface area contributed by atoms with E-state index >= 15 is 0 Å². The number of pyridine rings is 1. The quantitative estimate of drug-likeness (QED) is 0.864. The highest BCUT2D eigenvalue weighted by Gasteiger charge is 2.26. The van der Waals surface area contributed by atoms with Crippen LogP contribution in [0.5, 0.6) is 5.75 Å². The Hall–Kier alpha value is -2.60. The average Bonchev–Trinajstić information content (AvgIpc) is 2.67. The fourth-order valence-corrected chi connectivity index (χ4v) is 3.20. The van der Waals surface area contributed by atoms with Crippen molar-refractivity contribution in [1.29, 1.82) is 0 Å². The summed E-state index contributed by atoms with van der Waals surface area (Å²) in [7, 11) is 1.58. The number of anilines is 1. The van der Waals surface area contributed by atoms with Gasteiger partial charge in [0.05, 0.1) is 12.7 Å². The third-order valence-electron chi connectivity index (χ3n) is 4.83. The number of amides is 1. The zero-order valence-electron chi connectivity index (χ0n) is 14.7. The van der Waals surface area contributed by atoms with Crippen LogP contribution in [0.25, 0.3) is 0 Å². The molecule has 1 aromatic carbocycles. The molecule has 1 aliphatic rings. The summed E-state index contributed by atoms with van der Waals surface area (Å²) in [5.74, 6) is 0.640. The molecule has 25 heavy (non-hydrogen) atoms. The van der Waals surface area contributed by atoms with E-state index in [1.54, 1.807) is 25.3 Å². The van der Waals surface area contributed by atoms with Gasteiger partial charge in [-0.2, -0.15) is 0 Å². The molecule has 1 atom stereocenters. The van der Waals surface area contributed by atoms with Crippen molar-refractivity contribution < 1.29 is 9.53 Å². The summed E-state index contributed by atoms with van der Waals surface area (Å²) < 4.78 is 5.14. The molecule has 3 rings (SSSR count). The lowest BCUT2D eigenvalue weighted by Crippen LogP contribution is -2.49. The first-order valence-electron chi connectivity index (χ1n) is 8.47. The minimum atomic E-state index is -0.0173. The molecule has 1 aromatic heterocycles. The van der Waals surface area contributed by atoms with Crippen molar-refractivity contribution in [3.05, 3.63) is 53.9 Å². The highest BCUT2D eigenvalue weighted by atomic mass is 16.5. The number of hydrogen-bond acceptors (Lipinski definition) is 5. The Morgan fingerprint density at radius 2 is 1.84 bits per heavy atom. The van der Waals surface area contributed by atoms with E-state index in [0.717, 1.165) is 13.1 Å². The molecule has 6 nitrogen and oxygen atoms in total. The van der Waals surface area contributed by atoms with Gasteiger partial charge in [-0.3, -0.25) is 14.7 Å². The van der Waals surface area contributed by atoms with Crippen molar-refractivity contribution in [3.63, 3.8) is 0 Å². The molecule has 1 aliphatic heterocycles. The van der Waals surface area contributed by atoms with E-state index in [1.807, 2.05) is 29.4 Å². The molecular weight excluding hydrogens is 316 g/mol. The Morgan fingerprint density at radius 3 is 2.44 bits per heavy atom. The number of nitrogens with two attached hydrogens (primary N) is 1. The second-order valence-corrected chi connectivity index (χ2v) is 6.24. The van der Waals surface area contributed by atoms with Gasteiger partial charge in [-0.1, -0.05) is 0 Å². The van der Waals surface area contributed by atoms with Crippen molar-refractivity contribution in [2.24, 2.45) is 0 Å². The number of nitrogen functional groups attached to an aromatic ring is 1. The van der Waals surface area contributed by atoms with Gasteiger partial charge < -0.3 is 15.4 Å². The summed E-state index contributed by atoms with van der Waals surface area (Å²) in [6.07, 6.45) is 3.64. The minimum Gasteiger partial charge on any atom is -0.497 e. The summed E-state index contributed by atoms with van der Waals surface area (Å²) in [5.41, 5.74) is 8.25. The van der Waals surface area contributed by atoms with Crippen LogP contribution in [0.15, 0.2) is 42.7 Å². The first kappa shape index (κ1) is 17.2. The Kier molecular flexibility index (Phi) is 5.19. The molecule has 6 heteroatoms. The summed E-state index contributed by atoms with van der Waals surface area (Å²) >= 11 is 0. The van der Waals surface area contributed by atoms with Gasteiger partial charge in [0, 0.05) is 56.4 Å². The van der Waals surface area contributed by atoms with Crippen molar-refractivity contribution in [2.45, 2.75) is 13.0 Å². The smallest absolute Gasteiger partial charge is 0.256 e. The zero-order chi connectivity index (χ0) is 17.8. The number of rotatable bonds is 4. The van der Waals surface area contributed by atoms with Crippen molar-refractivity contribution >= 4 is 11.6 Å². The third-order valence-corrected chi connectivity index (χ3v) is 4.83. The fraction of sp³-hybridized carbons (Fsp3) is 0.368. The number of hydrogen-bond donors (Lipinski definition) is 1. The van der Waals surface area contributed by atoms with E-state index in [1.165, 1.54) is 5.56 Å². The number of benzene rings is 1. The van der Waals surface area contributed by atoms with E-state index in [9.17, 15) is 4.79 Å². The normalized spacial score (nSPS) is 16.5. The highest BCUT2D eigenvalue weighted by molar-refractivity contribution is 5.99. The highest BCUT2D eigenvalue weighted by Crippen LogP contribution is 2.24. The second kappa shape index (κ2) is 7.53. The van der Waals surface area contributed by atoms with Crippen LogP contribution in [0.1, 0.15) is 28.9 Å². The van der Waals surface area contributed by atoms with Crippen molar-refractivity contribution in [3.8, 4) is 5.75 Å². The Balaban J connectivity index is 1.63. The summed E-state index contributed by atoms with van der Waals surface area (Å²) in [6, 6.07) is 9.59. The van der Waals surface area contributed by atoms with Gasteiger partial charge in [0.1, 0.15) is 5.75 Å². The van der Waals surface area contributed by atoms with Gasteiger partial charge in [0.2, 0.25) is 0 Å². The molecule has 2 heterocycles. The van der Waals surface area contributed by atoms with Gasteiger partial charge >= 0.3 is 0 Å². The van der Waals surface area contributed by atoms with Crippen LogP contribution < -0.4 is 10.5 Å². The molecule has 0 spiro atoms. The van der Waals surface area contributed by atoms with E-state index in [-0.39, 0.29) is 5.91 Å². The Bertz CT molecular complexity index is 727. The molecule has 1 saturated heterocycles. The van der Waals surface area contributed by atoms with Gasteiger partial charge in [-0.15, -0.1) is 0 Å². The van der Waals surface area contributed by atoms with E-state index in [2.05, 4.69) is 16.8 Å². The maximum absolute atomic E-state index is 12.7. The molecule has 0 radical (unpaired) electrons. The number of ether oxygens (including phenoxy) is 1. The number of aromatic nitrogens is 1. The Labute approximate surface area is 148 Å². The predicted molar refractivity (Wildman–Crippen MR) is 97.5 cm³/mol. The van der Waals surface area contributed by atoms with Gasteiger partial charge in [-0.25, -0.2) is 0 Å². The van der Waals surface area contributed by atoms with Crippen LogP contribution in [0, 0.1) is 0 Å². The summed E-state index contributed by atoms with van der Waals surface area (Å²) in [5, 5.41) is 0. The molecule has 1 fully saturated rings. The first-order chi connectivity index (χ1) is 12.1. The molecule has 1 unspecified atom stereocenters. The minimum absolute atomic E-state index is 0.0173. The lowest BCUT2D eigenvalue weighted by molar-refractivity contribution is 0.0583. The summed E-state index contributed by atoms with van der Waals surface area (Å²) in [6.45, 7) is 5.25. The lowest BCUT2D eigenvalue weighted by atomic mass is 10.1. The maximum Gasteiger partial charge on any atom is 0.256 e. The lowest BCUT2D eigenvalue weighted by Gasteiger charge is -2.38. The SMILES string of the molecule is COc1ccc(C(=O)N2CCN(C(C)c3ccncc3)CC2)c(N)c1. The largest absolute Gasteiger partial charge is 0.497 e. The average molecular weight is 340 g/mol. The van der Waals surface area contributed by atoms with E-state index < -0.39 is 0 Å². The van der Waals surface area contributed by atoms with E-state index in [4.69, 9.17) is 10.5 Å². The first-order valence-corrected chi connectivity index (χ1v) is 8.47. The number of nitrogens with zero attached hydrogens (tertiary/aromatic N) is 3. The molecule has 132 valence electrons. The fourth-order valence-electron chi connectivity index (χ4n) is 3.20. The van der Waals surface area contributed by atoms with Crippen molar-refractivity contribution in [2.75, 3.05) is 39.0 Å². The van der Waals surface area contributed by atoms with Gasteiger partial charge in [-0.05, 0) is 36.8 Å². The van der Waals surface area contributed by atoms with Gasteiger partial charge in [0.15, 0.2) is 0 Å². The molecule has 2 N–H and O–H groups in total. The molecule has 1 amide bonds. The molecule has 0 saturated carbocycles. The van der Waals surface area contributed by atoms with Gasteiger partial charge in [0.25, 0.3) is 5.91 Å². The van der Waals surface area contributed by atoms with Crippen molar-refractivity contribution in [1.82, 2.24) is 14.8 Å². The topological polar surface area (TPSA) is 71.7 Å². The maximum atomic E-state index is 12.7. The second-order valence-electron chi connectivity index (χ2n) is 6.24. The molecular formula is C19H24N4O2. The Morgan fingerprint density at radius 1 is 1.16 bits per heavy atom. The molecule has 0 aliphatic carbocycles. The number of methoxy groups -OCH3 is 1. The molecule has 2 aromatic rings. The van der Waals surface area contributed by atoms with Crippen LogP contribution >= 0.6 is 0 Å². The van der Waals surface area contributed by atoms with Crippen LogP contribution in [-0.2, 0) is 0 Å². The number of piperazine rings is 1. The van der Waals surface area contributed by atoms with Crippen LogP contribution in [0.4, 0.5) is 5.69 Å². The predicted octanol–water partition coefficient (Wildman–Crippen LogP) is 2.19. The number of carbonyl (C=O) groups is 1. The summed E-state index contributed by atoms with van der Waals surface area (Å²) in [4.78, 5) is 21.1. The van der Waals surface area contributed by atoms with Crippen LogP contribution in [0.2, 0.25) is 0 Å². The molecule has 0 bridgehead atoms. The standard InChI is InChI=1S/C19H24N4O2/c1-14(15-5-7-21-8-6-15)22-9-11-23(12-10-22)19(24)17-4-3-16(25-2)13-18(17)20/h3-8,13-14H,9-12,20H2,1-2H3.